The Hall–Kier alpha value is -4.57. The van der Waals surface area contributed by atoms with Gasteiger partial charge >= 0.3 is 5.91 Å². The van der Waals surface area contributed by atoms with Gasteiger partial charge in [0.2, 0.25) is 0 Å². The number of benzene rings is 3. The molecule has 0 bridgehead atoms. The van der Waals surface area contributed by atoms with Gasteiger partial charge in [-0.3, -0.25) is 14.5 Å². The van der Waals surface area contributed by atoms with Gasteiger partial charge in [0.15, 0.2) is 16.6 Å². The van der Waals surface area contributed by atoms with E-state index in [1.54, 1.807) is 61.7 Å². The summed E-state index contributed by atoms with van der Waals surface area (Å²) >= 11 is 1.25. The van der Waals surface area contributed by atoms with Gasteiger partial charge in [-0.25, -0.2) is 4.98 Å². The zero-order valence-corrected chi connectivity index (χ0v) is 22.6. The third-order valence-electron chi connectivity index (χ3n) is 6.40. The van der Waals surface area contributed by atoms with Gasteiger partial charge in [-0.15, -0.1) is 0 Å². The van der Waals surface area contributed by atoms with Crippen LogP contribution in [-0.2, 0) is 9.59 Å². The molecule has 0 saturated carbocycles. The van der Waals surface area contributed by atoms with Crippen LogP contribution in [0, 0.1) is 0 Å². The van der Waals surface area contributed by atoms with E-state index < -0.39 is 17.7 Å². The van der Waals surface area contributed by atoms with Crippen molar-refractivity contribution in [3.05, 3.63) is 77.4 Å². The van der Waals surface area contributed by atoms with Crippen LogP contribution in [0.25, 0.3) is 16.0 Å². The number of carbonyl (C=O) groups is 2. The van der Waals surface area contributed by atoms with E-state index in [1.165, 1.54) is 30.5 Å². The smallest absolute Gasteiger partial charge is 0.301 e. The molecule has 1 aromatic heterocycles. The number of anilines is 1. The molecule has 1 saturated heterocycles. The van der Waals surface area contributed by atoms with Crippen LogP contribution in [0.5, 0.6) is 23.0 Å². The van der Waals surface area contributed by atoms with Crippen molar-refractivity contribution in [1.29, 1.82) is 0 Å². The quantitative estimate of drug-likeness (QED) is 0.179. The summed E-state index contributed by atoms with van der Waals surface area (Å²) in [7, 11) is 4.59. The fourth-order valence-electron chi connectivity index (χ4n) is 4.52. The van der Waals surface area contributed by atoms with Crippen LogP contribution in [0.15, 0.2) is 66.2 Å². The van der Waals surface area contributed by atoms with E-state index in [0.29, 0.717) is 51.4 Å². The molecule has 0 radical (unpaired) electrons. The molecule has 1 aliphatic rings. The van der Waals surface area contributed by atoms with Crippen LogP contribution in [-0.4, -0.2) is 49.7 Å². The highest BCUT2D eigenvalue weighted by atomic mass is 32.1. The summed E-state index contributed by atoms with van der Waals surface area (Å²) in [4.78, 5) is 33.0. The number of hydrogen-bond acceptors (Lipinski definition) is 9. The lowest BCUT2D eigenvalue weighted by Gasteiger charge is -2.23. The fraction of sp³-hybridized carbons (Fsp3) is 0.207. The number of nitrogens with zero attached hydrogens (tertiary/aromatic N) is 2. The monoisotopic (exact) mass is 546 g/mol. The Morgan fingerprint density at radius 1 is 0.923 bits per heavy atom. The molecule has 0 aliphatic carbocycles. The molecule has 0 spiro atoms. The van der Waals surface area contributed by atoms with Gasteiger partial charge in [0.25, 0.3) is 5.78 Å². The summed E-state index contributed by atoms with van der Waals surface area (Å²) in [6, 6.07) is 16.2. The molecule has 3 aromatic carbocycles. The number of aromatic nitrogens is 1. The number of thiazole rings is 1. The second-order valence-corrected chi connectivity index (χ2v) is 9.58. The number of amides is 1. The summed E-state index contributed by atoms with van der Waals surface area (Å²) < 4.78 is 22.5. The highest BCUT2D eigenvalue weighted by molar-refractivity contribution is 7.22. The molecule has 200 valence electrons. The average molecular weight is 547 g/mol. The Labute approximate surface area is 228 Å². The number of aliphatic hydroxyl groups is 1. The molecular formula is C29H26N2O7S. The van der Waals surface area contributed by atoms with Crippen molar-refractivity contribution in [2.24, 2.45) is 0 Å². The predicted molar refractivity (Wildman–Crippen MR) is 148 cm³/mol. The highest BCUT2D eigenvalue weighted by Crippen LogP contribution is 2.46. The first-order chi connectivity index (χ1) is 18.9. The second-order valence-electron chi connectivity index (χ2n) is 8.57. The van der Waals surface area contributed by atoms with Gasteiger partial charge in [-0.05, 0) is 67.1 Å². The minimum Gasteiger partial charge on any atom is -0.507 e. The van der Waals surface area contributed by atoms with Crippen molar-refractivity contribution in [2.75, 3.05) is 32.8 Å². The molecular weight excluding hydrogens is 520 g/mol. The molecule has 1 aliphatic heterocycles. The molecule has 10 heteroatoms. The minimum atomic E-state index is -0.973. The second kappa shape index (κ2) is 10.7. The van der Waals surface area contributed by atoms with E-state index in [0.717, 1.165) is 4.70 Å². The average Bonchev–Trinajstić information content (AvgIpc) is 3.50. The largest absolute Gasteiger partial charge is 0.507 e. The van der Waals surface area contributed by atoms with Crippen molar-refractivity contribution >= 4 is 44.1 Å². The molecule has 4 aromatic rings. The molecule has 1 fully saturated rings. The third kappa shape index (κ3) is 4.63. The predicted octanol–water partition coefficient (Wildman–Crippen LogP) is 5.35. The van der Waals surface area contributed by atoms with Crippen molar-refractivity contribution in [3.8, 4) is 23.0 Å². The Kier molecular flexibility index (Phi) is 7.12. The number of methoxy groups -OCH3 is 3. The summed E-state index contributed by atoms with van der Waals surface area (Å²) in [5, 5.41) is 11.7. The summed E-state index contributed by atoms with van der Waals surface area (Å²) in [5.41, 5.74) is 1.50. The van der Waals surface area contributed by atoms with Crippen LogP contribution in [0.2, 0.25) is 0 Å². The van der Waals surface area contributed by atoms with E-state index >= 15 is 0 Å². The highest BCUT2D eigenvalue weighted by Gasteiger charge is 2.48. The maximum atomic E-state index is 13.5. The van der Waals surface area contributed by atoms with Gasteiger partial charge in [-0.2, -0.15) is 0 Å². The lowest BCUT2D eigenvalue weighted by atomic mass is 9.95. The Morgan fingerprint density at radius 3 is 2.31 bits per heavy atom. The summed E-state index contributed by atoms with van der Waals surface area (Å²) in [6.45, 7) is 2.36. The molecule has 9 nitrogen and oxygen atoms in total. The van der Waals surface area contributed by atoms with E-state index in [2.05, 4.69) is 4.98 Å². The molecule has 1 amide bonds. The number of carbonyl (C=O) groups excluding carboxylic acids is 2. The molecule has 1 atom stereocenters. The molecule has 0 unspecified atom stereocenters. The van der Waals surface area contributed by atoms with Gasteiger partial charge in [0, 0.05) is 5.56 Å². The van der Waals surface area contributed by atoms with Gasteiger partial charge in [-0.1, -0.05) is 17.4 Å². The zero-order valence-electron chi connectivity index (χ0n) is 21.8. The number of ketones is 1. The first-order valence-corrected chi connectivity index (χ1v) is 12.9. The van der Waals surface area contributed by atoms with Crippen LogP contribution < -0.4 is 23.8 Å². The third-order valence-corrected chi connectivity index (χ3v) is 7.41. The molecule has 39 heavy (non-hydrogen) atoms. The Bertz CT molecular complexity index is 1590. The zero-order chi connectivity index (χ0) is 27.7. The maximum Gasteiger partial charge on any atom is 0.301 e. The first-order valence-electron chi connectivity index (χ1n) is 12.1. The van der Waals surface area contributed by atoms with Crippen molar-refractivity contribution in [1.82, 2.24) is 4.98 Å². The van der Waals surface area contributed by atoms with Gasteiger partial charge < -0.3 is 24.1 Å². The SMILES string of the molecule is CCOc1ccc(C(O)=C2C(=O)C(=O)N(c3nc4ccc(OC)cc4s3)[C@@H]2c2ccc(OC)c(OC)c2)cc1. The standard InChI is InChI=1S/C29H26N2O7S/c1-5-38-18-9-6-16(7-10-18)26(32)24-25(17-8-13-21(36-3)22(14-17)37-4)31(28(34)27(24)33)29-30-20-12-11-19(35-2)15-23(20)39-29/h6-15,25,32H,5H2,1-4H3/t25-/m1/s1. The van der Waals surface area contributed by atoms with Crippen molar-refractivity contribution in [3.63, 3.8) is 0 Å². The minimum absolute atomic E-state index is 0.0618. The molecule has 5 rings (SSSR count). The summed E-state index contributed by atoms with van der Waals surface area (Å²) in [6.07, 6.45) is 0. The number of hydrogen-bond donors (Lipinski definition) is 1. The molecule has 1 N–H and O–H groups in total. The first kappa shape index (κ1) is 26.1. The van der Waals surface area contributed by atoms with Crippen molar-refractivity contribution in [2.45, 2.75) is 13.0 Å². The number of ether oxygens (including phenoxy) is 4. The van der Waals surface area contributed by atoms with E-state index in [-0.39, 0.29) is 11.3 Å². The van der Waals surface area contributed by atoms with Gasteiger partial charge in [0.05, 0.1) is 49.8 Å². The fourth-order valence-corrected chi connectivity index (χ4v) is 5.54. The normalized spacial score (nSPS) is 16.5. The van der Waals surface area contributed by atoms with E-state index in [4.69, 9.17) is 18.9 Å². The summed E-state index contributed by atoms with van der Waals surface area (Å²) in [5.74, 6) is 0.239. The van der Waals surface area contributed by atoms with E-state index in [1.807, 2.05) is 13.0 Å². The topological polar surface area (TPSA) is 107 Å². The number of aliphatic hydroxyl groups excluding tert-OH is 1. The van der Waals surface area contributed by atoms with Crippen LogP contribution in [0.4, 0.5) is 5.13 Å². The van der Waals surface area contributed by atoms with Crippen molar-refractivity contribution < 1.29 is 33.6 Å². The Morgan fingerprint density at radius 2 is 1.64 bits per heavy atom. The number of rotatable bonds is 8. The Balaban J connectivity index is 1.70. The number of fused-ring (bicyclic) bond motifs is 1. The number of Topliss-reactive ketones (excluding diaryl/α,β-unsaturated/α-hetero) is 1. The van der Waals surface area contributed by atoms with E-state index in [9.17, 15) is 14.7 Å². The lowest BCUT2D eigenvalue weighted by molar-refractivity contribution is -0.132. The lowest BCUT2D eigenvalue weighted by Crippen LogP contribution is -2.29. The van der Waals surface area contributed by atoms with Crippen LogP contribution in [0.1, 0.15) is 24.1 Å². The maximum absolute atomic E-state index is 13.5. The van der Waals surface area contributed by atoms with Crippen LogP contribution >= 0.6 is 11.3 Å². The molecule has 2 heterocycles. The van der Waals surface area contributed by atoms with Crippen LogP contribution in [0.3, 0.4) is 0 Å². The van der Waals surface area contributed by atoms with Gasteiger partial charge in [0.1, 0.15) is 17.3 Å².